The first-order valence-electron chi connectivity index (χ1n) is 7.81. The summed E-state index contributed by atoms with van der Waals surface area (Å²) in [7, 11) is 2.05. The van der Waals surface area contributed by atoms with Gasteiger partial charge in [0.15, 0.2) is 5.41 Å². The number of likely N-dealkylation sites (N-methyl/N-ethyl adjacent to an activating group) is 1. The molecule has 1 aromatic heterocycles. The molecule has 1 fully saturated rings. The molecular formula is C18H17N6+. The number of nitriles is 3. The number of nitrogens with one attached hydrogen (secondary N) is 2. The zero-order chi connectivity index (χ0) is 17.3. The summed E-state index contributed by atoms with van der Waals surface area (Å²) in [5.41, 5.74) is -0.0174. The van der Waals surface area contributed by atoms with Crippen LogP contribution in [-0.4, -0.2) is 30.8 Å². The van der Waals surface area contributed by atoms with E-state index in [0.717, 1.165) is 24.2 Å². The predicted octanol–water partition coefficient (Wildman–Crippen LogP) is 0.443. The van der Waals surface area contributed by atoms with Crippen molar-refractivity contribution in [1.82, 2.24) is 4.98 Å². The molecule has 0 amide bonds. The summed E-state index contributed by atoms with van der Waals surface area (Å²) in [5, 5.41) is 37.7. The summed E-state index contributed by atoms with van der Waals surface area (Å²) in [5.74, 6) is -1.37. The van der Waals surface area contributed by atoms with Crippen LogP contribution < -0.4 is 4.90 Å². The Hall–Kier alpha value is -3.01. The molecule has 2 heterocycles. The van der Waals surface area contributed by atoms with Gasteiger partial charge in [0.1, 0.15) is 5.92 Å². The van der Waals surface area contributed by atoms with Gasteiger partial charge in [0.25, 0.3) is 0 Å². The molecule has 0 bridgehead atoms. The highest BCUT2D eigenvalue weighted by molar-refractivity contribution is 6.00. The van der Waals surface area contributed by atoms with Gasteiger partial charge in [-0.3, -0.25) is 4.98 Å². The lowest BCUT2D eigenvalue weighted by atomic mass is 9.54. The molecule has 6 heteroatoms. The molecule has 118 valence electrons. The number of hydrogen-bond donors (Lipinski definition) is 2. The number of fused-ring (bicyclic) bond motifs is 1. The monoisotopic (exact) mass is 317 g/mol. The van der Waals surface area contributed by atoms with Crippen LogP contribution >= 0.6 is 0 Å². The van der Waals surface area contributed by atoms with Crippen LogP contribution in [0, 0.1) is 56.7 Å². The fourth-order valence-electron chi connectivity index (χ4n) is 4.00. The van der Waals surface area contributed by atoms with Crippen LogP contribution in [0.1, 0.15) is 11.5 Å². The van der Waals surface area contributed by atoms with Crippen LogP contribution in [-0.2, 0) is 0 Å². The van der Waals surface area contributed by atoms with E-state index >= 15 is 0 Å². The molecule has 4 atom stereocenters. The summed E-state index contributed by atoms with van der Waals surface area (Å²) >= 11 is 0. The number of rotatable bonds is 1. The van der Waals surface area contributed by atoms with E-state index in [2.05, 4.69) is 30.2 Å². The summed E-state index contributed by atoms with van der Waals surface area (Å²) in [6, 6.07) is 9.92. The maximum absolute atomic E-state index is 9.85. The SMILES string of the molecule is C[NH+]1CC=C2C(C#N)C(=N)C(C#N)(C#N)[C@@H](c3ccncc3)[C@@H]2C1. The Balaban J connectivity index is 2.26. The third-order valence-electron chi connectivity index (χ3n) is 5.15. The smallest absolute Gasteiger partial charge is 0.189 e. The molecule has 1 aliphatic heterocycles. The van der Waals surface area contributed by atoms with Gasteiger partial charge in [-0.2, -0.15) is 15.8 Å². The fourth-order valence-corrected chi connectivity index (χ4v) is 4.00. The summed E-state index contributed by atoms with van der Waals surface area (Å²) in [6.45, 7) is 1.52. The first-order valence-corrected chi connectivity index (χ1v) is 7.81. The van der Waals surface area contributed by atoms with Crippen molar-refractivity contribution in [2.45, 2.75) is 5.92 Å². The number of pyridine rings is 1. The number of quaternary nitrogens is 1. The van der Waals surface area contributed by atoms with Crippen molar-refractivity contribution in [2.75, 3.05) is 20.1 Å². The minimum atomic E-state index is -1.62. The highest BCUT2D eigenvalue weighted by atomic mass is 15.1. The third kappa shape index (κ3) is 2.11. The van der Waals surface area contributed by atoms with Crippen LogP contribution in [0.25, 0.3) is 0 Å². The zero-order valence-corrected chi connectivity index (χ0v) is 13.3. The lowest BCUT2D eigenvalue weighted by molar-refractivity contribution is -0.878. The van der Waals surface area contributed by atoms with E-state index in [1.807, 2.05) is 6.08 Å². The Labute approximate surface area is 140 Å². The van der Waals surface area contributed by atoms with E-state index in [9.17, 15) is 15.8 Å². The summed E-state index contributed by atoms with van der Waals surface area (Å²) in [6.07, 6.45) is 5.29. The standard InChI is InChI=1S/C18H16N6/c1-24-7-4-13-14(8-19)17(22)18(10-20,11-21)16(15(13)9-24)12-2-5-23-6-3-12/h2-6,14-16,22H,7,9H2,1H3/p+1/t14?,15-,16+/m1/s1. The Bertz CT molecular complexity index is 806. The van der Waals surface area contributed by atoms with Gasteiger partial charge >= 0.3 is 0 Å². The fraction of sp³-hybridized carbons (Fsp3) is 0.389. The van der Waals surface area contributed by atoms with Crippen LogP contribution in [0.15, 0.2) is 36.2 Å². The molecule has 2 unspecified atom stereocenters. The van der Waals surface area contributed by atoms with Crippen LogP contribution in [0.2, 0.25) is 0 Å². The van der Waals surface area contributed by atoms with Crippen molar-refractivity contribution in [2.24, 2.45) is 17.3 Å². The third-order valence-corrected chi connectivity index (χ3v) is 5.15. The van der Waals surface area contributed by atoms with Crippen molar-refractivity contribution < 1.29 is 4.90 Å². The molecule has 0 saturated heterocycles. The zero-order valence-electron chi connectivity index (χ0n) is 13.3. The van der Waals surface area contributed by atoms with Crippen LogP contribution in [0.5, 0.6) is 0 Å². The second-order valence-corrected chi connectivity index (χ2v) is 6.44. The molecule has 0 aromatic carbocycles. The Morgan fingerprint density at radius 3 is 2.50 bits per heavy atom. The summed E-state index contributed by atoms with van der Waals surface area (Å²) in [4.78, 5) is 5.28. The van der Waals surface area contributed by atoms with E-state index in [1.54, 1.807) is 24.5 Å². The lowest BCUT2D eigenvalue weighted by Crippen LogP contribution is -3.10. The quantitative estimate of drug-likeness (QED) is 0.732. The van der Waals surface area contributed by atoms with Gasteiger partial charge in [0.05, 0.1) is 44.1 Å². The molecular weight excluding hydrogens is 300 g/mol. The summed E-state index contributed by atoms with van der Waals surface area (Å²) < 4.78 is 0. The highest BCUT2D eigenvalue weighted by Crippen LogP contribution is 2.52. The largest absolute Gasteiger partial charge is 0.334 e. The minimum Gasteiger partial charge on any atom is -0.334 e. The minimum absolute atomic E-state index is 0.0983. The van der Waals surface area contributed by atoms with E-state index in [0.29, 0.717) is 0 Å². The molecule has 2 N–H and O–H groups in total. The second-order valence-electron chi connectivity index (χ2n) is 6.44. The molecule has 3 rings (SSSR count). The molecule has 6 nitrogen and oxygen atoms in total. The van der Waals surface area contributed by atoms with Crippen molar-refractivity contribution in [3.8, 4) is 18.2 Å². The van der Waals surface area contributed by atoms with Crippen molar-refractivity contribution >= 4 is 5.71 Å². The Kier molecular flexibility index (Phi) is 3.89. The predicted molar refractivity (Wildman–Crippen MR) is 85.7 cm³/mol. The maximum Gasteiger partial charge on any atom is 0.189 e. The van der Waals surface area contributed by atoms with Gasteiger partial charge in [-0.25, -0.2) is 0 Å². The van der Waals surface area contributed by atoms with E-state index in [-0.39, 0.29) is 11.6 Å². The number of hydrogen-bond acceptors (Lipinski definition) is 5. The van der Waals surface area contributed by atoms with E-state index in [4.69, 9.17) is 5.41 Å². The van der Waals surface area contributed by atoms with E-state index < -0.39 is 17.3 Å². The van der Waals surface area contributed by atoms with Gasteiger partial charge in [0.2, 0.25) is 0 Å². The van der Waals surface area contributed by atoms with Gasteiger partial charge in [-0.1, -0.05) is 0 Å². The maximum atomic E-state index is 9.85. The van der Waals surface area contributed by atoms with Gasteiger partial charge < -0.3 is 10.3 Å². The van der Waals surface area contributed by atoms with Crippen molar-refractivity contribution in [1.29, 1.82) is 21.2 Å². The number of nitrogens with zero attached hydrogens (tertiary/aromatic N) is 4. The Morgan fingerprint density at radius 1 is 1.25 bits per heavy atom. The second kappa shape index (κ2) is 5.89. The van der Waals surface area contributed by atoms with Crippen molar-refractivity contribution in [3.63, 3.8) is 0 Å². The van der Waals surface area contributed by atoms with Crippen LogP contribution in [0.3, 0.4) is 0 Å². The average molecular weight is 317 g/mol. The molecule has 1 aromatic rings. The molecule has 24 heavy (non-hydrogen) atoms. The molecule has 0 radical (unpaired) electrons. The molecule has 2 aliphatic rings. The number of aromatic nitrogens is 1. The normalized spacial score (nSPS) is 30.9. The van der Waals surface area contributed by atoms with E-state index in [1.165, 1.54) is 4.90 Å². The lowest BCUT2D eigenvalue weighted by Gasteiger charge is -2.45. The molecule has 0 spiro atoms. The Morgan fingerprint density at radius 2 is 1.92 bits per heavy atom. The van der Waals surface area contributed by atoms with Crippen LogP contribution in [0.4, 0.5) is 0 Å². The van der Waals surface area contributed by atoms with Crippen molar-refractivity contribution in [3.05, 3.63) is 41.7 Å². The molecule has 1 aliphatic carbocycles. The highest BCUT2D eigenvalue weighted by Gasteiger charge is 2.58. The van der Waals surface area contributed by atoms with Gasteiger partial charge in [-0.05, 0) is 29.3 Å². The first kappa shape index (κ1) is 15.9. The van der Waals surface area contributed by atoms with Gasteiger partial charge in [-0.15, -0.1) is 0 Å². The van der Waals surface area contributed by atoms with Gasteiger partial charge in [0, 0.05) is 24.2 Å². The molecule has 1 saturated carbocycles. The topological polar surface area (TPSA) is 113 Å². The average Bonchev–Trinajstić information content (AvgIpc) is 2.62. The first-order chi connectivity index (χ1) is 11.6.